The Morgan fingerprint density at radius 3 is 2.68 bits per heavy atom. The second kappa shape index (κ2) is 9.14. The topological polar surface area (TPSA) is 77.5 Å². The molecule has 0 aliphatic heterocycles. The Hall–Kier alpha value is -3.19. The Bertz CT molecular complexity index is 993. The van der Waals surface area contributed by atoms with Crippen molar-refractivity contribution in [3.63, 3.8) is 0 Å². The van der Waals surface area contributed by atoms with Crippen LogP contribution in [0.5, 0.6) is 11.5 Å². The minimum atomic E-state index is -0.651. The number of aromatic nitrogens is 1. The summed E-state index contributed by atoms with van der Waals surface area (Å²) in [5.74, 6) is -0.262. The summed E-state index contributed by atoms with van der Waals surface area (Å²) in [5.41, 5.74) is 1.77. The minimum Gasteiger partial charge on any atom is -0.455 e. The maximum absolute atomic E-state index is 12.4. The quantitative estimate of drug-likeness (QED) is 0.560. The van der Waals surface area contributed by atoms with Gasteiger partial charge in [0.1, 0.15) is 17.1 Å². The fraction of sp³-hybridized carbons (Fsp3) is 0.0952. The molecular formula is C21H17BrN2O4. The van der Waals surface area contributed by atoms with E-state index in [2.05, 4.69) is 26.2 Å². The van der Waals surface area contributed by atoms with Crippen molar-refractivity contribution >= 4 is 33.5 Å². The average Bonchev–Trinajstić information content (AvgIpc) is 2.69. The van der Waals surface area contributed by atoms with Crippen molar-refractivity contribution in [3.8, 4) is 11.5 Å². The van der Waals surface area contributed by atoms with E-state index in [0.29, 0.717) is 17.2 Å². The van der Waals surface area contributed by atoms with Crippen molar-refractivity contribution in [2.75, 3.05) is 11.9 Å². The summed E-state index contributed by atoms with van der Waals surface area (Å²) in [4.78, 5) is 28.5. The summed E-state index contributed by atoms with van der Waals surface area (Å²) in [5, 5.41) is 2.72. The number of benzene rings is 2. The Kier molecular flexibility index (Phi) is 6.39. The zero-order valence-corrected chi connectivity index (χ0v) is 16.6. The maximum Gasteiger partial charge on any atom is 0.342 e. The number of pyridine rings is 1. The van der Waals surface area contributed by atoms with Crippen molar-refractivity contribution in [1.29, 1.82) is 0 Å². The molecule has 0 bridgehead atoms. The van der Waals surface area contributed by atoms with E-state index >= 15 is 0 Å². The van der Waals surface area contributed by atoms with Crippen molar-refractivity contribution in [2.45, 2.75) is 6.92 Å². The molecule has 2 aromatic carbocycles. The Morgan fingerprint density at radius 1 is 1.11 bits per heavy atom. The highest BCUT2D eigenvalue weighted by molar-refractivity contribution is 9.10. The number of halogens is 1. The summed E-state index contributed by atoms with van der Waals surface area (Å²) >= 11 is 3.37. The van der Waals surface area contributed by atoms with Crippen LogP contribution in [0.4, 0.5) is 5.69 Å². The first-order valence-electron chi connectivity index (χ1n) is 8.43. The second-order valence-electron chi connectivity index (χ2n) is 5.87. The lowest BCUT2D eigenvalue weighted by atomic mass is 10.2. The molecule has 0 unspecified atom stereocenters. The lowest BCUT2D eigenvalue weighted by Crippen LogP contribution is -2.21. The zero-order valence-electron chi connectivity index (χ0n) is 15.0. The lowest BCUT2D eigenvalue weighted by molar-refractivity contribution is -0.119. The van der Waals surface area contributed by atoms with E-state index in [1.54, 1.807) is 48.7 Å². The molecule has 1 N–H and O–H groups in total. The molecule has 0 aliphatic rings. The molecule has 1 heterocycles. The van der Waals surface area contributed by atoms with Crippen LogP contribution >= 0.6 is 15.9 Å². The SMILES string of the molecule is Cc1cc(Br)ccc1NC(=O)COC(=O)c1ccccc1Oc1cccnc1. The summed E-state index contributed by atoms with van der Waals surface area (Å²) in [6, 6.07) is 15.6. The Labute approximate surface area is 170 Å². The lowest BCUT2D eigenvalue weighted by Gasteiger charge is -2.11. The third-order valence-corrected chi connectivity index (χ3v) is 4.26. The first-order chi connectivity index (χ1) is 13.5. The zero-order chi connectivity index (χ0) is 19.9. The monoisotopic (exact) mass is 440 g/mol. The average molecular weight is 441 g/mol. The van der Waals surface area contributed by atoms with Gasteiger partial charge in [0.2, 0.25) is 0 Å². The van der Waals surface area contributed by atoms with Gasteiger partial charge in [-0.05, 0) is 55.0 Å². The molecule has 1 amide bonds. The van der Waals surface area contributed by atoms with E-state index in [4.69, 9.17) is 9.47 Å². The van der Waals surface area contributed by atoms with Crippen LogP contribution < -0.4 is 10.1 Å². The van der Waals surface area contributed by atoms with E-state index in [0.717, 1.165) is 10.0 Å². The summed E-state index contributed by atoms with van der Waals surface area (Å²) in [6.07, 6.45) is 3.16. The highest BCUT2D eigenvalue weighted by Crippen LogP contribution is 2.25. The van der Waals surface area contributed by atoms with Crippen LogP contribution in [0.25, 0.3) is 0 Å². The van der Waals surface area contributed by atoms with Gasteiger partial charge in [-0.3, -0.25) is 9.78 Å². The number of rotatable bonds is 6. The van der Waals surface area contributed by atoms with Gasteiger partial charge in [-0.2, -0.15) is 0 Å². The molecule has 3 rings (SSSR count). The number of carbonyl (C=O) groups is 2. The molecule has 0 saturated heterocycles. The fourth-order valence-corrected chi connectivity index (χ4v) is 2.90. The number of nitrogens with one attached hydrogen (secondary N) is 1. The van der Waals surface area contributed by atoms with E-state index in [1.165, 1.54) is 6.20 Å². The predicted molar refractivity (Wildman–Crippen MR) is 109 cm³/mol. The molecule has 0 spiro atoms. The van der Waals surface area contributed by atoms with Gasteiger partial charge in [0.15, 0.2) is 6.61 Å². The number of para-hydroxylation sites is 1. The highest BCUT2D eigenvalue weighted by Gasteiger charge is 2.16. The Balaban J connectivity index is 1.62. The van der Waals surface area contributed by atoms with Gasteiger partial charge in [-0.15, -0.1) is 0 Å². The van der Waals surface area contributed by atoms with Crippen molar-refractivity contribution in [3.05, 3.63) is 82.6 Å². The molecule has 0 fully saturated rings. The van der Waals surface area contributed by atoms with Crippen LogP contribution in [0.15, 0.2) is 71.5 Å². The molecule has 0 atom stereocenters. The first-order valence-corrected chi connectivity index (χ1v) is 9.22. The Morgan fingerprint density at radius 2 is 1.93 bits per heavy atom. The maximum atomic E-state index is 12.4. The number of hydrogen-bond donors (Lipinski definition) is 1. The van der Waals surface area contributed by atoms with Gasteiger partial charge in [0.05, 0.1) is 6.20 Å². The van der Waals surface area contributed by atoms with Crippen molar-refractivity contribution < 1.29 is 19.1 Å². The van der Waals surface area contributed by atoms with Crippen molar-refractivity contribution in [2.24, 2.45) is 0 Å². The third-order valence-electron chi connectivity index (χ3n) is 3.77. The van der Waals surface area contributed by atoms with Crippen molar-refractivity contribution in [1.82, 2.24) is 4.98 Å². The van der Waals surface area contributed by atoms with Crippen LogP contribution in [0.1, 0.15) is 15.9 Å². The standard InChI is InChI=1S/C21H17BrN2O4/c1-14-11-15(22)8-9-18(14)24-20(25)13-27-21(26)17-6-2-3-7-19(17)28-16-5-4-10-23-12-16/h2-12H,13H2,1H3,(H,24,25). The van der Waals surface area contributed by atoms with Crippen LogP contribution in [-0.4, -0.2) is 23.5 Å². The molecular weight excluding hydrogens is 424 g/mol. The van der Waals surface area contributed by atoms with E-state index in [1.807, 2.05) is 19.1 Å². The molecule has 1 aromatic heterocycles. The van der Waals surface area contributed by atoms with Crippen LogP contribution in [-0.2, 0) is 9.53 Å². The molecule has 0 saturated carbocycles. The number of ether oxygens (including phenoxy) is 2. The van der Waals surface area contributed by atoms with E-state index in [9.17, 15) is 9.59 Å². The number of aryl methyl sites for hydroxylation is 1. The predicted octanol–water partition coefficient (Wildman–Crippen LogP) is 4.74. The number of amides is 1. The number of hydrogen-bond acceptors (Lipinski definition) is 5. The summed E-state index contributed by atoms with van der Waals surface area (Å²) in [6.45, 7) is 1.47. The van der Waals surface area contributed by atoms with E-state index < -0.39 is 18.5 Å². The summed E-state index contributed by atoms with van der Waals surface area (Å²) < 4.78 is 11.8. The number of anilines is 1. The molecule has 7 heteroatoms. The van der Waals surface area contributed by atoms with Gasteiger partial charge in [-0.1, -0.05) is 28.1 Å². The summed E-state index contributed by atoms with van der Waals surface area (Å²) in [7, 11) is 0. The van der Waals surface area contributed by atoms with Gasteiger partial charge in [0.25, 0.3) is 5.91 Å². The van der Waals surface area contributed by atoms with Gasteiger partial charge < -0.3 is 14.8 Å². The number of carbonyl (C=O) groups excluding carboxylic acids is 2. The fourth-order valence-electron chi connectivity index (χ4n) is 2.42. The highest BCUT2D eigenvalue weighted by atomic mass is 79.9. The number of esters is 1. The molecule has 3 aromatic rings. The molecule has 142 valence electrons. The molecule has 6 nitrogen and oxygen atoms in total. The molecule has 28 heavy (non-hydrogen) atoms. The third kappa shape index (κ3) is 5.17. The van der Waals surface area contributed by atoms with E-state index in [-0.39, 0.29) is 5.56 Å². The van der Waals surface area contributed by atoms with Gasteiger partial charge in [0, 0.05) is 16.4 Å². The van der Waals surface area contributed by atoms with Crippen LogP contribution in [0, 0.1) is 6.92 Å². The minimum absolute atomic E-state index is 0.221. The second-order valence-corrected chi connectivity index (χ2v) is 6.79. The van der Waals surface area contributed by atoms with Crippen LogP contribution in [0.2, 0.25) is 0 Å². The largest absolute Gasteiger partial charge is 0.455 e. The van der Waals surface area contributed by atoms with Gasteiger partial charge >= 0.3 is 5.97 Å². The molecule has 0 radical (unpaired) electrons. The number of nitrogens with zero attached hydrogens (tertiary/aromatic N) is 1. The normalized spacial score (nSPS) is 10.2. The van der Waals surface area contributed by atoms with Gasteiger partial charge in [-0.25, -0.2) is 4.79 Å². The smallest absolute Gasteiger partial charge is 0.342 e. The molecule has 0 aliphatic carbocycles. The first kappa shape index (κ1) is 19.6. The van der Waals surface area contributed by atoms with Crippen LogP contribution in [0.3, 0.4) is 0 Å².